The van der Waals surface area contributed by atoms with Gasteiger partial charge in [-0.05, 0) is 30.9 Å². The third kappa shape index (κ3) is 2.87. The molecule has 1 aromatic carbocycles. The largest absolute Gasteiger partial charge is 0.383 e. The van der Waals surface area contributed by atoms with Crippen LogP contribution in [0.25, 0.3) is 11.2 Å². The molecule has 0 aliphatic heterocycles. The Balaban J connectivity index is 1.88. The molecule has 6 nitrogen and oxygen atoms in total. The Morgan fingerprint density at radius 2 is 1.92 bits per heavy atom. The third-order valence-corrected chi connectivity index (χ3v) is 5.30. The van der Waals surface area contributed by atoms with E-state index in [4.69, 9.17) is 21.6 Å². The summed E-state index contributed by atoms with van der Waals surface area (Å²) in [5, 5.41) is 20.2. The first-order valence-electron chi connectivity index (χ1n) is 8.86. The predicted molar refractivity (Wildman–Crippen MR) is 100 cm³/mol. The molecule has 0 spiro atoms. The maximum absolute atomic E-state index is 10.9. The molecule has 0 unspecified atom stereocenters. The molecule has 0 amide bonds. The number of halogens is 1. The Morgan fingerprint density at radius 1 is 1.19 bits per heavy atom. The van der Waals surface area contributed by atoms with Crippen LogP contribution in [0.4, 0.5) is 0 Å². The van der Waals surface area contributed by atoms with Gasteiger partial charge in [-0.3, -0.25) is 0 Å². The summed E-state index contributed by atoms with van der Waals surface area (Å²) in [5.41, 5.74) is 1.59. The topological polar surface area (TPSA) is 76.7 Å². The van der Waals surface area contributed by atoms with Crippen LogP contribution in [-0.4, -0.2) is 30.1 Å². The molecule has 1 N–H and O–H groups in total. The van der Waals surface area contributed by atoms with E-state index in [1.54, 1.807) is 4.68 Å². The standard InChI is InChI=1S/C19H22ClN5O/c1-18(2,3)17-21-15(19(26)9-6-10-19)14-16(22-17)25(24-23-14)11-12-7-4-5-8-13(12)20/h4-5,7-8,26H,6,9-11H2,1-3H3. The molecule has 1 fully saturated rings. The average Bonchev–Trinajstić information content (AvgIpc) is 2.96. The normalized spacial score (nSPS) is 16.7. The Morgan fingerprint density at radius 3 is 2.54 bits per heavy atom. The zero-order valence-corrected chi connectivity index (χ0v) is 16.0. The summed E-state index contributed by atoms with van der Waals surface area (Å²) >= 11 is 6.30. The Bertz CT molecular complexity index is 972. The lowest BCUT2D eigenvalue weighted by Crippen LogP contribution is -2.36. The van der Waals surface area contributed by atoms with Gasteiger partial charge in [0.1, 0.15) is 17.1 Å². The van der Waals surface area contributed by atoms with Crippen molar-refractivity contribution in [3.05, 3.63) is 46.4 Å². The first kappa shape index (κ1) is 17.4. The quantitative estimate of drug-likeness (QED) is 0.761. The highest BCUT2D eigenvalue weighted by molar-refractivity contribution is 6.31. The molecular formula is C19H22ClN5O. The molecule has 0 bridgehead atoms. The van der Waals surface area contributed by atoms with E-state index in [0.29, 0.717) is 47.1 Å². The van der Waals surface area contributed by atoms with Gasteiger partial charge in [-0.1, -0.05) is 55.8 Å². The number of rotatable bonds is 3. The second-order valence-electron chi connectivity index (χ2n) is 8.04. The van der Waals surface area contributed by atoms with Crippen LogP contribution in [0.1, 0.15) is 57.1 Å². The predicted octanol–water partition coefficient (Wildman–Crippen LogP) is 3.59. The first-order chi connectivity index (χ1) is 12.3. The lowest BCUT2D eigenvalue weighted by Gasteiger charge is -2.36. The molecule has 26 heavy (non-hydrogen) atoms. The minimum absolute atomic E-state index is 0.247. The van der Waals surface area contributed by atoms with Gasteiger partial charge < -0.3 is 5.11 Å². The Kier molecular flexibility index (Phi) is 4.00. The van der Waals surface area contributed by atoms with Crippen LogP contribution in [0.15, 0.2) is 24.3 Å². The van der Waals surface area contributed by atoms with Crippen molar-refractivity contribution in [1.29, 1.82) is 0 Å². The summed E-state index contributed by atoms with van der Waals surface area (Å²) in [6.07, 6.45) is 2.38. The van der Waals surface area contributed by atoms with Gasteiger partial charge in [0.25, 0.3) is 0 Å². The maximum atomic E-state index is 10.9. The highest BCUT2D eigenvalue weighted by atomic mass is 35.5. The van der Waals surface area contributed by atoms with Crippen LogP contribution < -0.4 is 0 Å². The average molecular weight is 372 g/mol. The number of nitrogens with zero attached hydrogens (tertiary/aromatic N) is 5. The first-order valence-corrected chi connectivity index (χ1v) is 9.24. The van der Waals surface area contributed by atoms with E-state index in [2.05, 4.69) is 31.1 Å². The zero-order valence-electron chi connectivity index (χ0n) is 15.2. The molecule has 1 aliphatic carbocycles. The van der Waals surface area contributed by atoms with E-state index < -0.39 is 5.60 Å². The number of benzene rings is 1. The van der Waals surface area contributed by atoms with Crippen molar-refractivity contribution in [2.45, 2.75) is 57.6 Å². The van der Waals surface area contributed by atoms with Crippen LogP contribution in [0.5, 0.6) is 0 Å². The van der Waals surface area contributed by atoms with Crippen LogP contribution >= 0.6 is 11.6 Å². The van der Waals surface area contributed by atoms with E-state index in [0.717, 1.165) is 12.0 Å². The van der Waals surface area contributed by atoms with Gasteiger partial charge >= 0.3 is 0 Å². The van der Waals surface area contributed by atoms with Crippen molar-refractivity contribution in [2.24, 2.45) is 0 Å². The van der Waals surface area contributed by atoms with Gasteiger partial charge in [0.15, 0.2) is 11.2 Å². The molecule has 7 heteroatoms. The summed E-state index contributed by atoms with van der Waals surface area (Å²) < 4.78 is 1.74. The molecule has 4 rings (SSSR count). The van der Waals surface area contributed by atoms with Gasteiger partial charge in [0.2, 0.25) is 0 Å². The molecule has 1 aliphatic rings. The maximum Gasteiger partial charge on any atom is 0.182 e. The fourth-order valence-corrected chi connectivity index (χ4v) is 3.35. The van der Waals surface area contributed by atoms with E-state index >= 15 is 0 Å². The van der Waals surface area contributed by atoms with E-state index in [-0.39, 0.29) is 5.41 Å². The molecule has 3 aromatic rings. The molecular weight excluding hydrogens is 350 g/mol. The Hall–Kier alpha value is -2.05. The Labute approximate surface area is 157 Å². The number of aliphatic hydroxyl groups is 1. The van der Waals surface area contributed by atoms with Crippen molar-refractivity contribution >= 4 is 22.8 Å². The van der Waals surface area contributed by atoms with Gasteiger partial charge in [-0.2, -0.15) is 0 Å². The lowest BCUT2D eigenvalue weighted by molar-refractivity contribution is -0.0416. The van der Waals surface area contributed by atoms with Crippen molar-refractivity contribution in [3.63, 3.8) is 0 Å². The van der Waals surface area contributed by atoms with Crippen molar-refractivity contribution in [3.8, 4) is 0 Å². The summed E-state index contributed by atoms with van der Waals surface area (Å²) in [5.74, 6) is 0.683. The molecule has 0 saturated heterocycles. The highest BCUT2D eigenvalue weighted by Gasteiger charge is 2.41. The second-order valence-corrected chi connectivity index (χ2v) is 8.45. The molecule has 2 heterocycles. The highest BCUT2D eigenvalue weighted by Crippen LogP contribution is 2.42. The summed E-state index contributed by atoms with van der Waals surface area (Å²) in [4.78, 5) is 9.44. The van der Waals surface area contributed by atoms with Crippen LogP contribution in [-0.2, 0) is 17.6 Å². The summed E-state index contributed by atoms with van der Waals surface area (Å²) in [6.45, 7) is 6.65. The molecule has 0 radical (unpaired) electrons. The van der Waals surface area contributed by atoms with Crippen LogP contribution in [0, 0.1) is 0 Å². The smallest absolute Gasteiger partial charge is 0.182 e. The number of aromatic nitrogens is 5. The van der Waals surface area contributed by atoms with Gasteiger partial charge in [0.05, 0.1) is 6.54 Å². The van der Waals surface area contributed by atoms with E-state index in [1.165, 1.54) is 0 Å². The minimum atomic E-state index is -0.924. The van der Waals surface area contributed by atoms with Gasteiger partial charge in [-0.15, -0.1) is 5.10 Å². The second kappa shape index (κ2) is 5.99. The van der Waals surface area contributed by atoms with Crippen LogP contribution in [0.2, 0.25) is 5.02 Å². The third-order valence-electron chi connectivity index (χ3n) is 4.93. The molecule has 2 aromatic heterocycles. The number of fused-ring (bicyclic) bond motifs is 1. The number of hydrogen-bond donors (Lipinski definition) is 1. The zero-order chi connectivity index (χ0) is 18.5. The fourth-order valence-electron chi connectivity index (χ4n) is 3.16. The van der Waals surface area contributed by atoms with E-state index in [1.807, 2.05) is 24.3 Å². The summed E-state index contributed by atoms with van der Waals surface area (Å²) in [6, 6.07) is 7.66. The fraction of sp³-hybridized carbons (Fsp3) is 0.474. The van der Waals surface area contributed by atoms with Crippen molar-refractivity contribution < 1.29 is 5.11 Å². The van der Waals surface area contributed by atoms with Crippen molar-refractivity contribution in [2.75, 3.05) is 0 Å². The molecule has 136 valence electrons. The number of hydrogen-bond acceptors (Lipinski definition) is 5. The van der Waals surface area contributed by atoms with Gasteiger partial charge in [-0.25, -0.2) is 14.6 Å². The monoisotopic (exact) mass is 371 g/mol. The molecule has 1 saturated carbocycles. The SMILES string of the molecule is CC(C)(C)c1nc(C2(O)CCC2)c2nnn(Cc3ccccc3Cl)c2n1. The van der Waals surface area contributed by atoms with Crippen LogP contribution in [0.3, 0.4) is 0 Å². The molecule has 0 atom stereocenters. The van der Waals surface area contributed by atoms with Gasteiger partial charge in [0, 0.05) is 10.4 Å². The minimum Gasteiger partial charge on any atom is -0.383 e. The van der Waals surface area contributed by atoms with Crippen molar-refractivity contribution in [1.82, 2.24) is 25.0 Å². The van der Waals surface area contributed by atoms with E-state index in [9.17, 15) is 5.11 Å². The summed E-state index contributed by atoms with van der Waals surface area (Å²) in [7, 11) is 0. The lowest BCUT2D eigenvalue weighted by atomic mass is 9.77.